The van der Waals surface area contributed by atoms with Crippen LogP contribution in [0.3, 0.4) is 0 Å². The zero-order valence-electron chi connectivity index (χ0n) is 10.9. The highest BCUT2D eigenvalue weighted by atomic mass is 79.9. The molecule has 19 heavy (non-hydrogen) atoms. The van der Waals surface area contributed by atoms with Crippen LogP contribution in [0, 0.1) is 0 Å². The molecule has 2 rings (SSSR count). The summed E-state index contributed by atoms with van der Waals surface area (Å²) in [5, 5.41) is 0. The minimum Gasteiger partial charge on any atom is -0.489 e. The van der Waals surface area contributed by atoms with Gasteiger partial charge < -0.3 is 4.74 Å². The van der Waals surface area contributed by atoms with E-state index in [9.17, 15) is 8.42 Å². The molecule has 0 atom stereocenters. The van der Waals surface area contributed by atoms with E-state index in [4.69, 9.17) is 4.74 Å². The summed E-state index contributed by atoms with van der Waals surface area (Å²) in [7, 11) is -3.25. The van der Waals surface area contributed by atoms with Gasteiger partial charge in [0.15, 0.2) is 0 Å². The number of anilines is 1. The van der Waals surface area contributed by atoms with E-state index in [1.54, 1.807) is 18.2 Å². The van der Waals surface area contributed by atoms with Gasteiger partial charge in [-0.3, -0.25) is 4.72 Å². The number of halogens is 1. The summed E-state index contributed by atoms with van der Waals surface area (Å²) in [6.45, 7) is 0. The summed E-state index contributed by atoms with van der Waals surface area (Å²) in [6, 6.07) is 5.23. The second-order valence-corrected chi connectivity index (χ2v) is 7.50. The predicted octanol–water partition coefficient (Wildman–Crippen LogP) is 3.53. The molecule has 1 saturated carbocycles. The van der Waals surface area contributed by atoms with Crippen molar-refractivity contribution in [3.8, 4) is 5.75 Å². The molecular formula is C13H18BrNO3S. The van der Waals surface area contributed by atoms with Crippen molar-refractivity contribution in [2.75, 3.05) is 11.0 Å². The van der Waals surface area contributed by atoms with Gasteiger partial charge >= 0.3 is 0 Å². The van der Waals surface area contributed by atoms with Gasteiger partial charge in [-0.1, -0.05) is 6.42 Å². The molecule has 0 amide bonds. The van der Waals surface area contributed by atoms with E-state index in [0.717, 1.165) is 29.3 Å². The maximum Gasteiger partial charge on any atom is 0.229 e. The van der Waals surface area contributed by atoms with Crippen LogP contribution in [0.4, 0.5) is 5.69 Å². The lowest BCUT2D eigenvalue weighted by Gasteiger charge is -2.23. The summed E-state index contributed by atoms with van der Waals surface area (Å²) in [5.41, 5.74) is 0.533. The molecule has 4 nitrogen and oxygen atoms in total. The first kappa shape index (κ1) is 14.7. The quantitative estimate of drug-likeness (QED) is 0.906. The van der Waals surface area contributed by atoms with Gasteiger partial charge in [0, 0.05) is 5.69 Å². The van der Waals surface area contributed by atoms with Crippen LogP contribution in [-0.2, 0) is 10.0 Å². The van der Waals surface area contributed by atoms with Crippen LogP contribution >= 0.6 is 15.9 Å². The van der Waals surface area contributed by atoms with Crippen molar-refractivity contribution in [2.45, 2.75) is 38.2 Å². The predicted molar refractivity (Wildman–Crippen MR) is 80.1 cm³/mol. The highest BCUT2D eigenvalue weighted by Gasteiger charge is 2.16. The summed E-state index contributed by atoms with van der Waals surface area (Å²) in [5.74, 6) is 0.769. The molecule has 0 bridgehead atoms. The molecule has 1 aliphatic rings. The van der Waals surface area contributed by atoms with Crippen molar-refractivity contribution in [3.63, 3.8) is 0 Å². The molecule has 0 unspecified atom stereocenters. The Morgan fingerprint density at radius 2 is 1.95 bits per heavy atom. The third kappa shape index (κ3) is 4.69. The van der Waals surface area contributed by atoms with E-state index in [2.05, 4.69) is 20.7 Å². The molecule has 1 aliphatic carbocycles. The molecule has 0 aliphatic heterocycles. The normalized spacial score (nSPS) is 17.2. The summed E-state index contributed by atoms with van der Waals surface area (Å²) < 4.78 is 31.5. The first-order chi connectivity index (χ1) is 8.94. The van der Waals surface area contributed by atoms with Crippen molar-refractivity contribution >= 4 is 31.6 Å². The van der Waals surface area contributed by atoms with E-state index >= 15 is 0 Å². The van der Waals surface area contributed by atoms with E-state index < -0.39 is 10.0 Å². The van der Waals surface area contributed by atoms with E-state index in [0.29, 0.717) is 5.69 Å². The standard InChI is InChI=1S/C13H18BrNO3S/c1-19(16,17)15-10-7-8-13(12(14)9-10)18-11-5-3-2-4-6-11/h7-9,11,15H,2-6H2,1H3. The molecule has 1 aromatic carbocycles. The second-order valence-electron chi connectivity index (χ2n) is 4.90. The molecule has 1 fully saturated rings. The van der Waals surface area contributed by atoms with E-state index in [-0.39, 0.29) is 6.10 Å². The third-order valence-electron chi connectivity index (χ3n) is 3.08. The minimum atomic E-state index is -3.25. The van der Waals surface area contributed by atoms with Crippen molar-refractivity contribution < 1.29 is 13.2 Å². The molecule has 0 radical (unpaired) electrons. The van der Waals surface area contributed by atoms with Crippen LogP contribution in [0.15, 0.2) is 22.7 Å². The topological polar surface area (TPSA) is 55.4 Å². The lowest BCUT2D eigenvalue weighted by atomic mass is 9.98. The molecule has 0 saturated heterocycles. The Kier molecular flexibility index (Phi) is 4.73. The zero-order chi connectivity index (χ0) is 13.9. The van der Waals surface area contributed by atoms with E-state index in [1.807, 2.05) is 0 Å². The lowest BCUT2D eigenvalue weighted by molar-refractivity contribution is 0.154. The van der Waals surface area contributed by atoms with Crippen molar-refractivity contribution in [1.82, 2.24) is 0 Å². The van der Waals surface area contributed by atoms with Crippen LogP contribution in [-0.4, -0.2) is 20.8 Å². The number of hydrogen-bond acceptors (Lipinski definition) is 3. The maximum absolute atomic E-state index is 11.2. The molecular weight excluding hydrogens is 330 g/mol. The zero-order valence-corrected chi connectivity index (χ0v) is 13.3. The van der Waals surface area contributed by atoms with Gasteiger partial charge in [-0.15, -0.1) is 0 Å². The summed E-state index contributed by atoms with van der Waals surface area (Å²) in [4.78, 5) is 0. The molecule has 6 heteroatoms. The number of ether oxygens (including phenoxy) is 1. The smallest absolute Gasteiger partial charge is 0.229 e. The van der Waals surface area contributed by atoms with Crippen LogP contribution < -0.4 is 9.46 Å². The molecule has 0 aromatic heterocycles. The van der Waals surface area contributed by atoms with Crippen molar-refractivity contribution in [2.24, 2.45) is 0 Å². The van der Waals surface area contributed by atoms with Gasteiger partial charge in [0.1, 0.15) is 5.75 Å². The summed E-state index contributed by atoms with van der Waals surface area (Å²) in [6.07, 6.45) is 7.32. The van der Waals surface area contributed by atoms with Gasteiger partial charge in [0.25, 0.3) is 0 Å². The number of nitrogens with one attached hydrogen (secondary N) is 1. The van der Waals surface area contributed by atoms with Crippen LogP contribution in [0.5, 0.6) is 5.75 Å². The Morgan fingerprint density at radius 3 is 2.53 bits per heavy atom. The van der Waals surface area contributed by atoms with Gasteiger partial charge in [-0.2, -0.15) is 0 Å². The number of hydrogen-bond donors (Lipinski definition) is 1. The lowest BCUT2D eigenvalue weighted by Crippen LogP contribution is -2.19. The van der Waals surface area contributed by atoms with Gasteiger partial charge in [0.2, 0.25) is 10.0 Å². The Bertz CT molecular complexity index is 539. The first-order valence-corrected chi connectivity index (χ1v) is 9.06. The Labute approximate surface area is 122 Å². The fraction of sp³-hybridized carbons (Fsp3) is 0.538. The molecule has 1 aromatic rings. The monoisotopic (exact) mass is 347 g/mol. The van der Waals surface area contributed by atoms with Crippen LogP contribution in [0.1, 0.15) is 32.1 Å². The highest BCUT2D eigenvalue weighted by Crippen LogP contribution is 2.31. The minimum absolute atomic E-state index is 0.277. The fourth-order valence-corrected chi connectivity index (χ4v) is 3.26. The Balaban J connectivity index is 2.06. The highest BCUT2D eigenvalue weighted by molar-refractivity contribution is 9.10. The van der Waals surface area contributed by atoms with Gasteiger partial charge in [-0.25, -0.2) is 8.42 Å². The molecule has 1 N–H and O–H groups in total. The number of sulfonamides is 1. The fourth-order valence-electron chi connectivity index (χ4n) is 2.24. The van der Waals surface area contributed by atoms with Gasteiger partial charge in [0.05, 0.1) is 16.8 Å². The Hall–Kier alpha value is -0.750. The van der Waals surface area contributed by atoms with Crippen molar-refractivity contribution in [1.29, 1.82) is 0 Å². The Morgan fingerprint density at radius 1 is 1.26 bits per heavy atom. The van der Waals surface area contributed by atoms with Crippen LogP contribution in [0.25, 0.3) is 0 Å². The maximum atomic E-state index is 11.2. The number of rotatable bonds is 4. The molecule has 106 valence electrons. The van der Waals surface area contributed by atoms with Crippen LogP contribution in [0.2, 0.25) is 0 Å². The molecule has 0 spiro atoms. The van der Waals surface area contributed by atoms with Gasteiger partial charge in [-0.05, 0) is 59.8 Å². The van der Waals surface area contributed by atoms with E-state index in [1.165, 1.54) is 19.3 Å². The SMILES string of the molecule is CS(=O)(=O)Nc1ccc(OC2CCCCC2)c(Br)c1. The molecule has 0 heterocycles. The first-order valence-electron chi connectivity index (χ1n) is 6.38. The van der Waals surface area contributed by atoms with Crippen molar-refractivity contribution in [3.05, 3.63) is 22.7 Å². The average molecular weight is 348 g/mol. The summed E-state index contributed by atoms with van der Waals surface area (Å²) >= 11 is 3.42. The number of benzene rings is 1. The largest absolute Gasteiger partial charge is 0.489 e. The average Bonchev–Trinajstić information content (AvgIpc) is 2.32. The third-order valence-corrected chi connectivity index (χ3v) is 4.31. The second kappa shape index (κ2) is 6.13.